The largest absolute Gasteiger partial charge is 0.379 e. The van der Waals surface area contributed by atoms with Crippen molar-refractivity contribution < 1.29 is 4.74 Å². The second-order valence-corrected chi connectivity index (χ2v) is 5.55. The molecule has 4 heteroatoms. The van der Waals surface area contributed by atoms with Crippen LogP contribution in [0.3, 0.4) is 0 Å². The van der Waals surface area contributed by atoms with Crippen LogP contribution in [0.2, 0.25) is 0 Å². The number of rotatable bonds is 11. The van der Waals surface area contributed by atoms with Crippen LogP contribution in [-0.4, -0.2) is 63.4 Å². The van der Waals surface area contributed by atoms with Crippen LogP contribution in [0, 0.1) is 0 Å². The zero-order valence-electron chi connectivity index (χ0n) is 12.9. The molecule has 0 aromatic carbocycles. The molecule has 4 nitrogen and oxygen atoms in total. The van der Waals surface area contributed by atoms with Crippen molar-refractivity contribution in [2.24, 2.45) is 0 Å². The summed E-state index contributed by atoms with van der Waals surface area (Å²) in [4.78, 5) is 2.47. The maximum absolute atomic E-state index is 5.34. The summed E-state index contributed by atoms with van der Waals surface area (Å²) in [6, 6.07) is 0.660. The number of nitrogens with zero attached hydrogens (tertiary/aromatic N) is 1. The number of morpholine rings is 1. The predicted molar refractivity (Wildman–Crippen MR) is 81.7 cm³/mol. The molecule has 1 aliphatic rings. The molecule has 0 aromatic heterocycles. The minimum Gasteiger partial charge on any atom is -0.379 e. The fraction of sp³-hybridized carbons (Fsp3) is 1.00. The van der Waals surface area contributed by atoms with E-state index in [1.807, 2.05) is 0 Å². The van der Waals surface area contributed by atoms with E-state index in [0.717, 1.165) is 52.5 Å². The van der Waals surface area contributed by atoms with Gasteiger partial charge in [0, 0.05) is 45.3 Å². The van der Waals surface area contributed by atoms with E-state index in [1.54, 1.807) is 0 Å². The quantitative estimate of drug-likeness (QED) is 0.558. The fourth-order valence-corrected chi connectivity index (χ4v) is 2.40. The molecule has 1 rings (SSSR count). The average molecular weight is 271 g/mol. The first-order valence-electron chi connectivity index (χ1n) is 8.07. The van der Waals surface area contributed by atoms with E-state index in [0.29, 0.717) is 6.04 Å². The molecule has 1 saturated heterocycles. The third-order valence-corrected chi connectivity index (χ3v) is 3.74. The Bertz CT molecular complexity index is 196. The van der Waals surface area contributed by atoms with Crippen molar-refractivity contribution in [3.63, 3.8) is 0 Å². The Hall–Kier alpha value is -0.160. The lowest BCUT2D eigenvalue weighted by atomic mass is 10.1. The molecule has 0 aromatic rings. The Morgan fingerprint density at radius 1 is 1.11 bits per heavy atom. The number of unbranched alkanes of at least 4 members (excludes halogenated alkanes) is 2. The number of ether oxygens (including phenoxy) is 1. The minimum absolute atomic E-state index is 0.660. The molecule has 0 saturated carbocycles. The summed E-state index contributed by atoms with van der Waals surface area (Å²) in [6.07, 6.45) is 5.34. The van der Waals surface area contributed by atoms with Crippen molar-refractivity contribution in [2.75, 3.05) is 52.5 Å². The van der Waals surface area contributed by atoms with Gasteiger partial charge < -0.3 is 15.4 Å². The summed E-state index contributed by atoms with van der Waals surface area (Å²) in [5, 5.41) is 7.09. The molecule has 0 bridgehead atoms. The van der Waals surface area contributed by atoms with Gasteiger partial charge in [-0.2, -0.15) is 0 Å². The molecule has 0 aliphatic carbocycles. The van der Waals surface area contributed by atoms with Gasteiger partial charge in [-0.25, -0.2) is 0 Å². The first-order chi connectivity index (χ1) is 9.33. The van der Waals surface area contributed by atoms with Crippen molar-refractivity contribution in [3.8, 4) is 0 Å². The lowest BCUT2D eigenvalue weighted by Gasteiger charge is -2.26. The highest BCUT2D eigenvalue weighted by Crippen LogP contribution is 2.02. The number of hydrogen-bond acceptors (Lipinski definition) is 4. The van der Waals surface area contributed by atoms with E-state index in [4.69, 9.17) is 4.74 Å². The Balaban J connectivity index is 1.82. The zero-order chi connectivity index (χ0) is 13.8. The van der Waals surface area contributed by atoms with E-state index < -0.39 is 0 Å². The SMILES string of the molecule is CCCCCC(C)NCCNCCN1CCOCC1. The molecule has 0 radical (unpaired) electrons. The summed E-state index contributed by atoms with van der Waals surface area (Å²) in [5.74, 6) is 0. The van der Waals surface area contributed by atoms with Gasteiger partial charge in [0.2, 0.25) is 0 Å². The Morgan fingerprint density at radius 2 is 1.89 bits per heavy atom. The van der Waals surface area contributed by atoms with E-state index in [-0.39, 0.29) is 0 Å². The van der Waals surface area contributed by atoms with Gasteiger partial charge in [-0.1, -0.05) is 26.2 Å². The first-order valence-corrected chi connectivity index (χ1v) is 8.07. The maximum atomic E-state index is 5.34. The smallest absolute Gasteiger partial charge is 0.0594 e. The van der Waals surface area contributed by atoms with Crippen LogP contribution < -0.4 is 10.6 Å². The van der Waals surface area contributed by atoms with Gasteiger partial charge in [-0.15, -0.1) is 0 Å². The van der Waals surface area contributed by atoms with E-state index in [9.17, 15) is 0 Å². The molecular formula is C15H33N3O. The molecular weight excluding hydrogens is 238 g/mol. The molecule has 1 atom stereocenters. The number of hydrogen-bond donors (Lipinski definition) is 2. The zero-order valence-corrected chi connectivity index (χ0v) is 12.9. The summed E-state index contributed by atoms with van der Waals surface area (Å²) in [6.45, 7) is 12.9. The molecule has 1 unspecified atom stereocenters. The van der Waals surface area contributed by atoms with E-state index in [2.05, 4.69) is 29.4 Å². The normalized spacial score (nSPS) is 18.6. The first kappa shape index (κ1) is 16.9. The topological polar surface area (TPSA) is 36.5 Å². The summed E-state index contributed by atoms with van der Waals surface area (Å²) in [7, 11) is 0. The van der Waals surface area contributed by atoms with Crippen LogP contribution in [0.4, 0.5) is 0 Å². The molecule has 1 aliphatic heterocycles. The van der Waals surface area contributed by atoms with Crippen LogP contribution in [0.15, 0.2) is 0 Å². The standard InChI is InChI=1S/C15H33N3O/c1-3-4-5-6-15(2)17-8-7-16-9-10-18-11-13-19-14-12-18/h15-17H,3-14H2,1-2H3. The third kappa shape index (κ3) is 9.38. The third-order valence-electron chi connectivity index (χ3n) is 3.74. The minimum atomic E-state index is 0.660. The van der Waals surface area contributed by atoms with Gasteiger partial charge in [0.05, 0.1) is 13.2 Å². The molecule has 0 spiro atoms. The number of nitrogens with one attached hydrogen (secondary N) is 2. The predicted octanol–water partition coefficient (Wildman–Crippen LogP) is 1.47. The maximum Gasteiger partial charge on any atom is 0.0594 e. The van der Waals surface area contributed by atoms with Gasteiger partial charge in [-0.05, 0) is 13.3 Å². The second-order valence-electron chi connectivity index (χ2n) is 5.55. The van der Waals surface area contributed by atoms with Crippen molar-refractivity contribution in [3.05, 3.63) is 0 Å². The molecule has 1 fully saturated rings. The highest BCUT2D eigenvalue weighted by Gasteiger charge is 2.08. The Labute approximate surface area is 119 Å². The van der Waals surface area contributed by atoms with Crippen LogP contribution in [0.1, 0.15) is 39.5 Å². The summed E-state index contributed by atoms with van der Waals surface area (Å²) >= 11 is 0. The van der Waals surface area contributed by atoms with Gasteiger partial charge in [0.25, 0.3) is 0 Å². The summed E-state index contributed by atoms with van der Waals surface area (Å²) in [5.41, 5.74) is 0. The molecule has 0 amide bonds. The lowest BCUT2D eigenvalue weighted by Crippen LogP contribution is -2.41. The van der Waals surface area contributed by atoms with Crippen molar-refractivity contribution in [1.29, 1.82) is 0 Å². The second kappa shape index (κ2) is 11.6. The van der Waals surface area contributed by atoms with Crippen molar-refractivity contribution in [2.45, 2.75) is 45.6 Å². The van der Waals surface area contributed by atoms with Gasteiger partial charge in [0.1, 0.15) is 0 Å². The fourth-order valence-electron chi connectivity index (χ4n) is 2.40. The van der Waals surface area contributed by atoms with Crippen molar-refractivity contribution >= 4 is 0 Å². The van der Waals surface area contributed by atoms with Gasteiger partial charge in [0.15, 0.2) is 0 Å². The molecule has 114 valence electrons. The summed E-state index contributed by atoms with van der Waals surface area (Å²) < 4.78 is 5.34. The highest BCUT2D eigenvalue weighted by atomic mass is 16.5. The molecule has 19 heavy (non-hydrogen) atoms. The van der Waals surface area contributed by atoms with Crippen LogP contribution in [-0.2, 0) is 4.74 Å². The molecule has 2 N–H and O–H groups in total. The van der Waals surface area contributed by atoms with Crippen LogP contribution in [0.5, 0.6) is 0 Å². The monoisotopic (exact) mass is 271 g/mol. The van der Waals surface area contributed by atoms with Crippen LogP contribution >= 0.6 is 0 Å². The molecule has 1 heterocycles. The Morgan fingerprint density at radius 3 is 2.63 bits per heavy atom. The van der Waals surface area contributed by atoms with Gasteiger partial charge >= 0.3 is 0 Å². The Kier molecular flexibility index (Phi) is 10.4. The van der Waals surface area contributed by atoms with Crippen molar-refractivity contribution in [1.82, 2.24) is 15.5 Å². The van der Waals surface area contributed by atoms with Crippen LogP contribution in [0.25, 0.3) is 0 Å². The van der Waals surface area contributed by atoms with E-state index >= 15 is 0 Å². The lowest BCUT2D eigenvalue weighted by molar-refractivity contribution is 0.0384. The highest BCUT2D eigenvalue weighted by molar-refractivity contribution is 4.65. The average Bonchev–Trinajstić information content (AvgIpc) is 2.44. The van der Waals surface area contributed by atoms with E-state index in [1.165, 1.54) is 25.7 Å². The van der Waals surface area contributed by atoms with Gasteiger partial charge in [-0.3, -0.25) is 4.90 Å².